The molecule has 1 amide bonds. The van der Waals surface area contributed by atoms with Crippen molar-refractivity contribution in [2.75, 3.05) is 18.9 Å². The number of aromatic nitrogens is 2. The Kier molecular flexibility index (Phi) is 5.56. The van der Waals surface area contributed by atoms with Crippen LogP contribution in [0.25, 0.3) is 0 Å². The molecule has 0 saturated carbocycles. The number of hydrogen-bond donors (Lipinski definition) is 3. The normalized spacial score (nSPS) is 11.7. The predicted molar refractivity (Wildman–Crippen MR) is 79.4 cm³/mol. The van der Waals surface area contributed by atoms with Crippen LogP contribution >= 0.6 is 0 Å². The van der Waals surface area contributed by atoms with E-state index < -0.39 is 0 Å². The van der Waals surface area contributed by atoms with Crippen molar-refractivity contribution in [3.8, 4) is 0 Å². The second-order valence-electron chi connectivity index (χ2n) is 5.23. The molecule has 0 spiro atoms. The number of nitrogens with zero attached hydrogens (tertiary/aromatic N) is 2. The van der Waals surface area contributed by atoms with E-state index >= 15 is 0 Å². The largest absolute Gasteiger partial charge is 0.396 e. The summed E-state index contributed by atoms with van der Waals surface area (Å²) in [5.74, 6) is -0.239. The van der Waals surface area contributed by atoms with Gasteiger partial charge in [-0.25, -0.2) is 0 Å². The monoisotopic (exact) mass is 282 g/mol. The van der Waals surface area contributed by atoms with E-state index in [0.717, 1.165) is 18.5 Å². The number of anilines is 1. The van der Waals surface area contributed by atoms with E-state index in [4.69, 9.17) is 5.73 Å². The molecule has 0 bridgehead atoms. The minimum absolute atomic E-state index is 0.0569. The second-order valence-corrected chi connectivity index (χ2v) is 5.23. The van der Waals surface area contributed by atoms with Crippen molar-refractivity contribution in [2.24, 2.45) is 12.5 Å². The van der Waals surface area contributed by atoms with Gasteiger partial charge >= 0.3 is 0 Å². The third kappa shape index (κ3) is 3.12. The number of hydrogen-bond acceptors (Lipinski definition) is 4. The standard InChI is InChI=1S/C14H26N4O2/c1-5-10-11(15)12(18(4)17-10)13(20)16-8-14(6-2,7-3)9-19/h19H,5-9,15H2,1-4H3,(H,16,20). The summed E-state index contributed by atoms with van der Waals surface area (Å²) < 4.78 is 1.52. The molecule has 6 heteroatoms. The number of aliphatic hydroxyl groups is 1. The summed E-state index contributed by atoms with van der Waals surface area (Å²) in [5.41, 5.74) is 7.25. The van der Waals surface area contributed by atoms with Crippen molar-refractivity contribution in [1.82, 2.24) is 15.1 Å². The fourth-order valence-electron chi connectivity index (χ4n) is 2.26. The molecule has 0 radical (unpaired) electrons. The molecule has 1 rings (SSSR count). The number of nitrogens with two attached hydrogens (primary N) is 1. The first-order valence-corrected chi connectivity index (χ1v) is 7.15. The first-order chi connectivity index (χ1) is 9.44. The molecule has 20 heavy (non-hydrogen) atoms. The highest BCUT2D eigenvalue weighted by molar-refractivity contribution is 5.98. The molecule has 114 valence electrons. The molecule has 6 nitrogen and oxygen atoms in total. The van der Waals surface area contributed by atoms with Crippen molar-refractivity contribution in [1.29, 1.82) is 0 Å². The molecular formula is C14H26N4O2. The zero-order chi connectivity index (χ0) is 15.3. The van der Waals surface area contributed by atoms with Gasteiger partial charge in [-0.2, -0.15) is 5.10 Å². The van der Waals surface area contributed by atoms with E-state index in [2.05, 4.69) is 10.4 Å². The van der Waals surface area contributed by atoms with Crippen molar-refractivity contribution >= 4 is 11.6 Å². The third-order valence-electron chi connectivity index (χ3n) is 4.17. The smallest absolute Gasteiger partial charge is 0.271 e. The summed E-state index contributed by atoms with van der Waals surface area (Å²) in [5, 5.41) is 16.6. The Morgan fingerprint density at radius 2 is 2.00 bits per heavy atom. The fourth-order valence-corrected chi connectivity index (χ4v) is 2.26. The third-order valence-corrected chi connectivity index (χ3v) is 4.17. The lowest BCUT2D eigenvalue weighted by atomic mass is 9.83. The fraction of sp³-hybridized carbons (Fsp3) is 0.714. The molecular weight excluding hydrogens is 256 g/mol. The van der Waals surface area contributed by atoms with E-state index in [9.17, 15) is 9.90 Å². The number of aryl methyl sites for hydroxylation is 2. The Balaban J connectivity index is 2.85. The van der Waals surface area contributed by atoms with Crippen molar-refractivity contribution in [3.63, 3.8) is 0 Å². The van der Waals surface area contributed by atoms with Gasteiger partial charge in [0.15, 0.2) is 0 Å². The van der Waals surface area contributed by atoms with Gasteiger partial charge in [-0.15, -0.1) is 0 Å². The molecule has 0 aromatic carbocycles. The topological polar surface area (TPSA) is 93.2 Å². The predicted octanol–water partition coefficient (Wildman–Crippen LogP) is 1.09. The lowest BCUT2D eigenvalue weighted by Crippen LogP contribution is -2.40. The summed E-state index contributed by atoms with van der Waals surface area (Å²) in [6.45, 7) is 6.47. The molecule has 0 atom stereocenters. The van der Waals surface area contributed by atoms with E-state index in [-0.39, 0.29) is 17.9 Å². The highest BCUT2D eigenvalue weighted by atomic mass is 16.3. The highest BCUT2D eigenvalue weighted by Crippen LogP contribution is 2.25. The van der Waals surface area contributed by atoms with E-state index in [0.29, 0.717) is 24.3 Å². The molecule has 0 aliphatic heterocycles. The van der Waals surface area contributed by atoms with Gasteiger partial charge in [-0.1, -0.05) is 20.8 Å². The van der Waals surface area contributed by atoms with Crippen LogP contribution in [0.15, 0.2) is 0 Å². The van der Waals surface area contributed by atoms with Gasteiger partial charge < -0.3 is 16.2 Å². The Labute approximate surface area is 120 Å². The van der Waals surface area contributed by atoms with Gasteiger partial charge in [0.05, 0.1) is 18.0 Å². The van der Waals surface area contributed by atoms with Crippen LogP contribution in [-0.2, 0) is 13.5 Å². The van der Waals surface area contributed by atoms with Crippen molar-refractivity contribution < 1.29 is 9.90 Å². The van der Waals surface area contributed by atoms with Crippen LogP contribution in [0.1, 0.15) is 49.8 Å². The molecule has 1 aromatic rings. The average molecular weight is 282 g/mol. The zero-order valence-corrected chi connectivity index (χ0v) is 12.9. The minimum atomic E-state index is -0.267. The Bertz CT molecular complexity index is 456. The molecule has 1 heterocycles. The van der Waals surface area contributed by atoms with Gasteiger partial charge in [0.2, 0.25) is 0 Å². The summed E-state index contributed by atoms with van der Waals surface area (Å²) in [6.07, 6.45) is 2.31. The van der Waals surface area contributed by atoms with Crippen LogP contribution in [0, 0.1) is 5.41 Å². The summed E-state index contributed by atoms with van der Waals surface area (Å²) in [6, 6.07) is 0. The maximum absolute atomic E-state index is 12.3. The maximum Gasteiger partial charge on any atom is 0.271 e. The number of amides is 1. The molecule has 0 saturated heterocycles. The van der Waals surface area contributed by atoms with Crippen LogP contribution in [-0.4, -0.2) is 33.9 Å². The zero-order valence-electron chi connectivity index (χ0n) is 12.9. The maximum atomic E-state index is 12.3. The first-order valence-electron chi connectivity index (χ1n) is 7.15. The minimum Gasteiger partial charge on any atom is -0.396 e. The molecule has 4 N–H and O–H groups in total. The number of carbonyl (C=O) groups excluding carboxylic acids is 1. The van der Waals surface area contributed by atoms with Gasteiger partial charge in [-0.05, 0) is 19.3 Å². The summed E-state index contributed by atoms with van der Waals surface area (Å²) in [7, 11) is 1.71. The van der Waals surface area contributed by atoms with Gasteiger partial charge in [0.25, 0.3) is 5.91 Å². The molecule has 0 fully saturated rings. The quantitative estimate of drug-likeness (QED) is 0.698. The van der Waals surface area contributed by atoms with Crippen LogP contribution in [0.3, 0.4) is 0 Å². The molecule has 0 aliphatic rings. The number of aliphatic hydroxyl groups excluding tert-OH is 1. The van der Waals surface area contributed by atoms with Crippen LogP contribution in [0.2, 0.25) is 0 Å². The number of nitrogen functional groups attached to an aromatic ring is 1. The van der Waals surface area contributed by atoms with Gasteiger partial charge in [0, 0.05) is 19.0 Å². The lowest BCUT2D eigenvalue weighted by Gasteiger charge is -2.29. The Morgan fingerprint density at radius 3 is 2.40 bits per heavy atom. The van der Waals surface area contributed by atoms with E-state index in [1.165, 1.54) is 4.68 Å². The number of nitrogens with one attached hydrogen (secondary N) is 1. The summed E-state index contributed by atoms with van der Waals surface area (Å²) in [4.78, 5) is 12.3. The number of rotatable bonds is 7. The summed E-state index contributed by atoms with van der Waals surface area (Å²) >= 11 is 0. The average Bonchev–Trinajstić information content (AvgIpc) is 2.75. The lowest BCUT2D eigenvalue weighted by molar-refractivity contribution is 0.0844. The van der Waals surface area contributed by atoms with Crippen molar-refractivity contribution in [2.45, 2.75) is 40.0 Å². The molecule has 1 aromatic heterocycles. The van der Waals surface area contributed by atoms with Crippen LogP contribution in [0.5, 0.6) is 0 Å². The van der Waals surface area contributed by atoms with Gasteiger partial charge in [-0.3, -0.25) is 9.48 Å². The Morgan fingerprint density at radius 1 is 1.40 bits per heavy atom. The van der Waals surface area contributed by atoms with Gasteiger partial charge in [0.1, 0.15) is 5.69 Å². The van der Waals surface area contributed by atoms with Crippen molar-refractivity contribution in [3.05, 3.63) is 11.4 Å². The molecule has 0 unspecified atom stereocenters. The van der Waals surface area contributed by atoms with Crippen LogP contribution < -0.4 is 11.1 Å². The highest BCUT2D eigenvalue weighted by Gasteiger charge is 2.27. The van der Waals surface area contributed by atoms with Crippen LogP contribution in [0.4, 0.5) is 5.69 Å². The SMILES string of the molecule is CCc1nn(C)c(C(=O)NCC(CC)(CC)CO)c1N. The number of carbonyl (C=O) groups is 1. The van der Waals surface area contributed by atoms with E-state index in [1.807, 2.05) is 20.8 Å². The van der Waals surface area contributed by atoms with E-state index in [1.54, 1.807) is 7.05 Å². The second kappa shape index (κ2) is 6.74. The molecule has 0 aliphatic carbocycles. The Hall–Kier alpha value is -1.56. The first kappa shape index (κ1) is 16.5.